The standard InChI is InChI=1S/C34H38N4O4S.Fe/c1-7-21-16(2)26-14-31-34(20(6)43)19(5)27(38-31)12-24-17(3)22(8-10-32(39)40)29(36-24)15-30-23(9-11-33(41)42)18(4)25(37-30)13-28(21)35-26;/h12-15,20H,7-11H2,1-6H3,(H5,35,36,37,38,39,40,41,42,43);/q;+2/p-2. The minimum Gasteiger partial charge on any atom is -0.657 e. The van der Waals surface area contributed by atoms with Gasteiger partial charge in [-0.15, -0.1) is 22.1 Å². The van der Waals surface area contributed by atoms with Crippen LogP contribution >= 0.6 is 12.6 Å². The van der Waals surface area contributed by atoms with Crippen LogP contribution in [-0.2, 0) is 33.1 Å². The number of rotatable bonds is 8. The molecule has 0 radical (unpaired) electrons. The van der Waals surface area contributed by atoms with Gasteiger partial charge in [-0.05, 0) is 81.7 Å². The predicted octanol–water partition coefficient (Wildman–Crippen LogP) is 7.33. The Morgan fingerprint density at radius 2 is 1.23 bits per heavy atom. The fraction of sp³-hybridized carbons (Fsp3) is 0.353. The molecule has 0 spiro atoms. The van der Waals surface area contributed by atoms with Crippen LogP contribution in [0.3, 0.4) is 0 Å². The summed E-state index contributed by atoms with van der Waals surface area (Å²) < 4.78 is 0. The number of aryl methyl sites for hydroxylation is 3. The van der Waals surface area contributed by atoms with E-state index in [2.05, 4.69) is 13.8 Å². The number of carboxylic acid groups (broad SMARTS) is 2. The van der Waals surface area contributed by atoms with Crippen LogP contribution in [0.25, 0.3) is 44.4 Å². The van der Waals surface area contributed by atoms with Crippen molar-refractivity contribution in [3.8, 4) is 0 Å². The second kappa shape index (κ2) is 13.2. The van der Waals surface area contributed by atoms with Crippen LogP contribution in [0, 0.1) is 13.8 Å². The van der Waals surface area contributed by atoms with Gasteiger partial charge in [-0.25, -0.2) is 9.97 Å². The molecule has 5 heterocycles. The summed E-state index contributed by atoms with van der Waals surface area (Å²) in [7, 11) is 0. The number of thiol groups is 1. The molecule has 0 saturated heterocycles. The summed E-state index contributed by atoms with van der Waals surface area (Å²) in [4.78, 5) is 43.1. The number of hydrogen-bond donors (Lipinski definition) is 3. The molecule has 0 saturated carbocycles. The SMILES string of the molecule is CCC1=C(C)c2cc3[n-]c(cc4nc(cc5[n-]c(cc1n2)c(C)c5CCC(=O)O)C(CCC(=O)O)=C4C)c(C)c3C(C)S.[Fe+2]. The van der Waals surface area contributed by atoms with Crippen LogP contribution < -0.4 is 9.97 Å². The van der Waals surface area contributed by atoms with Crippen molar-refractivity contribution in [3.63, 3.8) is 0 Å². The number of carbonyl (C=O) groups is 2. The van der Waals surface area contributed by atoms with E-state index in [0.717, 1.165) is 78.9 Å². The van der Waals surface area contributed by atoms with Gasteiger partial charge in [0.25, 0.3) is 0 Å². The number of aliphatic carboxylic acids is 2. The number of fused-ring (bicyclic) bond motifs is 8. The minimum atomic E-state index is -0.888. The Morgan fingerprint density at radius 1 is 0.750 bits per heavy atom. The zero-order chi connectivity index (χ0) is 31.2. The van der Waals surface area contributed by atoms with E-state index in [0.29, 0.717) is 29.7 Å². The minimum absolute atomic E-state index is 0. The summed E-state index contributed by atoms with van der Waals surface area (Å²) in [6, 6.07) is 7.84. The number of carboxylic acids is 2. The Balaban J connectivity index is 0.00000442. The van der Waals surface area contributed by atoms with E-state index in [1.54, 1.807) is 0 Å². The first-order valence-corrected chi connectivity index (χ1v) is 15.1. The second-order valence-corrected chi connectivity index (χ2v) is 12.0. The Morgan fingerprint density at radius 3 is 1.82 bits per heavy atom. The molecule has 230 valence electrons. The Labute approximate surface area is 273 Å². The largest absolute Gasteiger partial charge is 2.00 e. The van der Waals surface area contributed by atoms with Gasteiger partial charge in [0.2, 0.25) is 0 Å². The van der Waals surface area contributed by atoms with Gasteiger partial charge in [0.15, 0.2) is 0 Å². The Hall–Kier alpha value is -3.59. The van der Waals surface area contributed by atoms with Crippen LogP contribution in [0.4, 0.5) is 0 Å². The number of nitrogens with zero attached hydrogens (tertiary/aromatic N) is 4. The number of aromatic nitrogens is 4. The molecule has 8 nitrogen and oxygen atoms in total. The van der Waals surface area contributed by atoms with E-state index in [1.165, 1.54) is 0 Å². The van der Waals surface area contributed by atoms with Crippen molar-refractivity contribution in [1.82, 2.24) is 19.9 Å². The zero-order valence-corrected chi connectivity index (χ0v) is 27.7. The predicted molar refractivity (Wildman–Crippen MR) is 174 cm³/mol. The van der Waals surface area contributed by atoms with Gasteiger partial charge in [0, 0.05) is 18.1 Å². The van der Waals surface area contributed by atoms with Crippen LogP contribution in [0.15, 0.2) is 24.3 Å². The van der Waals surface area contributed by atoms with Gasteiger partial charge in [-0.2, -0.15) is 12.6 Å². The van der Waals surface area contributed by atoms with E-state index >= 15 is 0 Å². The molecule has 10 heteroatoms. The molecule has 0 fully saturated rings. The maximum Gasteiger partial charge on any atom is 2.00 e. The van der Waals surface area contributed by atoms with Crippen molar-refractivity contribution in [2.75, 3.05) is 0 Å². The quantitative estimate of drug-likeness (QED) is 0.171. The van der Waals surface area contributed by atoms with E-state index in [1.807, 2.05) is 52.0 Å². The van der Waals surface area contributed by atoms with Crippen molar-refractivity contribution in [1.29, 1.82) is 0 Å². The second-order valence-electron chi connectivity index (χ2n) is 11.3. The van der Waals surface area contributed by atoms with Crippen molar-refractivity contribution < 1.29 is 36.9 Å². The summed E-state index contributed by atoms with van der Waals surface area (Å²) in [6.07, 6.45) is 1.34. The monoisotopic (exact) mass is 652 g/mol. The molecule has 1 unspecified atom stereocenters. The van der Waals surface area contributed by atoms with Gasteiger partial charge in [-0.3, -0.25) is 9.59 Å². The Bertz CT molecular complexity index is 1900. The molecule has 8 bridgehead atoms. The topological polar surface area (TPSA) is 129 Å². The maximum atomic E-state index is 11.6. The molecule has 2 N–H and O–H groups in total. The maximum absolute atomic E-state index is 11.6. The van der Waals surface area contributed by atoms with Crippen LogP contribution in [-0.4, -0.2) is 32.1 Å². The van der Waals surface area contributed by atoms with Gasteiger partial charge < -0.3 is 20.2 Å². The molecule has 5 rings (SSSR count). The third-order valence-electron chi connectivity index (χ3n) is 8.51. The van der Waals surface area contributed by atoms with Crippen molar-refractivity contribution in [2.24, 2.45) is 0 Å². The molecule has 44 heavy (non-hydrogen) atoms. The third-order valence-corrected chi connectivity index (χ3v) is 8.77. The van der Waals surface area contributed by atoms with Crippen molar-refractivity contribution in [3.05, 3.63) is 69.3 Å². The van der Waals surface area contributed by atoms with Crippen LogP contribution in [0.1, 0.15) is 104 Å². The summed E-state index contributed by atoms with van der Waals surface area (Å²) in [5.41, 5.74) is 13.7. The summed E-state index contributed by atoms with van der Waals surface area (Å²) in [6.45, 7) is 12.2. The van der Waals surface area contributed by atoms with Gasteiger partial charge in [-0.1, -0.05) is 47.9 Å². The van der Waals surface area contributed by atoms with E-state index in [4.69, 9.17) is 32.6 Å². The van der Waals surface area contributed by atoms with Gasteiger partial charge in [0.1, 0.15) is 0 Å². The first kappa shape index (κ1) is 33.3. The van der Waals surface area contributed by atoms with Crippen LogP contribution in [0.2, 0.25) is 0 Å². The molecule has 0 amide bonds. The molecular weight excluding hydrogens is 616 g/mol. The first-order valence-electron chi connectivity index (χ1n) is 14.6. The molecule has 2 aliphatic rings. The molecule has 3 aromatic heterocycles. The normalized spacial score (nSPS) is 13.7. The molecule has 0 aliphatic carbocycles. The smallest absolute Gasteiger partial charge is 0.657 e. The summed E-state index contributed by atoms with van der Waals surface area (Å²) in [5.74, 6) is -1.77. The molecular formula is C34H36FeN4O4S. The van der Waals surface area contributed by atoms with E-state index < -0.39 is 11.9 Å². The van der Waals surface area contributed by atoms with E-state index in [-0.39, 0.29) is 35.2 Å². The fourth-order valence-corrected chi connectivity index (χ4v) is 6.43. The molecule has 3 aromatic rings. The average molecular weight is 653 g/mol. The van der Waals surface area contributed by atoms with E-state index in [9.17, 15) is 19.8 Å². The van der Waals surface area contributed by atoms with Gasteiger partial charge in [0.05, 0.1) is 22.8 Å². The molecule has 0 aromatic carbocycles. The number of hydrogen-bond acceptors (Lipinski definition) is 5. The number of allylic oxidation sites excluding steroid dienone is 4. The van der Waals surface area contributed by atoms with Gasteiger partial charge >= 0.3 is 29.0 Å². The fourth-order valence-electron chi connectivity index (χ4n) is 6.10. The molecule has 2 aliphatic heterocycles. The Kier molecular flexibility index (Phi) is 9.98. The van der Waals surface area contributed by atoms with Crippen molar-refractivity contribution in [2.45, 2.75) is 78.9 Å². The third kappa shape index (κ3) is 6.29. The van der Waals surface area contributed by atoms with Crippen LogP contribution in [0.5, 0.6) is 0 Å². The summed E-state index contributed by atoms with van der Waals surface area (Å²) in [5, 5.41) is 18.9. The average Bonchev–Trinajstić information content (AvgIpc) is 3.59. The first-order chi connectivity index (χ1) is 20.4. The molecule has 1 atom stereocenters. The van der Waals surface area contributed by atoms with Crippen molar-refractivity contribution >= 4 is 68.9 Å². The zero-order valence-electron chi connectivity index (χ0n) is 25.7. The summed E-state index contributed by atoms with van der Waals surface area (Å²) >= 11 is 4.79.